The van der Waals surface area contributed by atoms with Crippen molar-refractivity contribution in [3.63, 3.8) is 0 Å². The summed E-state index contributed by atoms with van der Waals surface area (Å²) in [4.78, 5) is -2.45. The van der Waals surface area contributed by atoms with Gasteiger partial charge in [-0.2, -0.15) is 0 Å². The third kappa shape index (κ3) is 4.22. The number of hydrogen-bond donors (Lipinski definition) is 0. The highest BCUT2D eigenvalue weighted by Gasteiger charge is 2.40. The zero-order valence-electron chi connectivity index (χ0n) is 18.7. The van der Waals surface area contributed by atoms with Gasteiger partial charge in [0.25, 0.3) is 17.7 Å². The van der Waals surface area contributed by atoms with Gasteiger partial charge in [0.1, 0.15) is 0 Å². The number of hydrogen-bond acceptors (Lipinski definition) is 4. The van der Waals surface area contributed by atoms with E-state index in [1.807, 2.05) is 62.4 Å². The lowest BCUT2D eigenvalue weighted by Gasteiger charge is -2.28. The molecule has 0 aromatic heterocycles. The first-order chi connectivity index (χ1) is 15.9. The van der Waals surface area contributed by atoms with Crippen molar-refractivity contribution < 1.29 is 16.8 Å². The summed E-state index contributed by atoms with van der Waals surface area (Å²) in [6.07, 6.45) is 8.69. The van der Waals surface area contributed by atoms with Crippen LogP contribution in [-0.4, -0.2) is 16.8 Å². The van der Waals surface area contributed by atoms with E-state index < -0.39 is 27.5 Å². The smallest absolute Gasteiger partial charge is 0.207 e. The van der Waals surface area contributed by atoms with Crippen molar-refractivity contribution in [3.8, 4) is 0 Å². The Morgan fingerprint density at radius 2 is 1.00 bits per heavy atom. The predicted molar refractivity (Wildman–Crippen MR) is 139 cm³/mol. The van der Waals surface area contributed by atoms with E-state index in [2.05, 4.69) is 0 Å². The third-order valence-electron chi connectivity index (χ3n) is 6.28. The average molecular weight is 536 g/mol. The van der Waals surface area contributed by atoms with Crippen molar-refractivity contribution >= 4 is 40.9 Å². The molecule has 8 heteroatoms. The molecule has 0 aliphatic heterocycles. The molecule has 0 amide bonds. The predicted octanol–water partition coefficient (Wildman–Crippen LogP) is 6.30. The van der Waals surface area contributed by atoms with Gasteiger partial charge in [0.05, 0.1) is 19.6 Å². The zero-order valence-corrected chi connectivity index (χ0v) is 21.8. The molecule has 0 saturated heterocycles. The molecular formula is C26H24Cl2O4S2. The van der Waals surface area contributed by atoms with Crippen molar-refractivity contribution in [1.29, 1.82) is 0 Å². The van der Waals surface area contributed by atoms with Crippen LogP contribution in [0.3, 0.4) is 0 Å². The fourth-order valence-corrected chi connectivity index (χ4v) is 8.82. The fourth-order valence-electron chi connectivity index (χ4n) is 4.30. The quantitative estimate of drug-likeness (QED) is 0.333. The van der Waals surface area contributed by atoms with Gasteiger partial charge in [0.2, 0.25) is 0 Å². The lowest BCUT2D eigenvalue weighted by atomic mass is 9.88. The molecule has 0 bridgehead atoms. The second kappa shape index (κ2) is 8.83. The number of allylic oxidation sites excluding steroid dienone is 6. The Morgan fingerprint density at radius 1 is 0.647 bits per heavy atom. The second-order valence-electron chi connectivity index (χ2n) is 8.55. The summed E-state index contributed by atoms with van der Waals surface area (Å²) in [5.41, 5.74) is 3.61. The summed E-state index contributed by atoms with van der Waals surface area (Å²) in [5, 5.41) is 0. The van der Waals surface area contributed by atoms with E-state index in [0.717, 1.165) is 22.3 Å². The highest BCUT2D eigenvalue weighted by atomic mass is 35.5. The van der Waals surface area contributed by atoms with E-state index in [9.17, 15) is 16.8 Å². The molecule has 2 aliphatic carbocycles. The summed E-state index contributed by atoms with van der Waals surface area (Å²) in [7, 11) is -9.38. The van der Waals surface area contributed by atoms with Crippen LogP contribution in [0.2, 0.25) is 0 Å². The number of rotatable bonds is 5. The molecule has 2 aliphatic rings. The van der Waals surface area contributed by atoms with Crippen molar-refractivity contribution in [2.24, 2.45) is 0 Å². The molecule has 0 radical (unpaired) electrons. The lowest BCUT2D eigenvalue weighted by molar-refractivity contribution is 0.589. The van der Waals surface area contributed by atoms with Crippen LogP contribution >= 0.6 is 23.2 Å². The van der Waals surface area contributed by atoms with Gasteiger partial charge in [-0.05, 0) is 61.1 Å². The maximum Gasteiger partial charge on any atom is 0.286 e. The minimum Gasteiger partial charge on any atom is -0.207 e. The lowest BCUT2D eigenvalue weighted by Crippen LogP contribution is -2.25. The van der Waals surface area contributed by atoms with Crippen molar-refractivity contribution in [1.82, 2.24) is 0 Å². The molecule has 0 saturated carbocycles. The third-order valence-corrected chi connectivity index (χ3v) is 12.5. The molecule has 2 aromatic carbocycles. The fraction of sp³-hybridized carbons (Fsp3) is 0.231. The summed E-state index contributed by atoms with van der Waals surface area (Å²) in [6.45, 7) is 3.84. The van der Waals surface area contributed by atoms with E-state index >= 15 is 0 Å². The molecule has 4 nitrogen and oxygen atoms in total. The molecule has 4 rings (SSSR count). The standard InChI is InChI=1S/C26H24Cl2O4S2/c1-19-7-3-5-9-23(19)25(27)15-11-21(12-16-25)33(29,30)34(31,32)22-13-17-26(28,18-14-22)24-10-6-4-8-20(24)2/h3-15,17H,16,18H2,1-2H3. The molecule has 34 heavy (non-hydrogen) atoms. The van der Waals surface area contributed by atoms with E-state index in [1.54, 1.807) is 12.2 Å². The molecule has 2 aromatic rings. The second-order valence-corrected chi connectivity index (χ2v) is 15.3. The van der Waals surface area contributed by atoms with Crippen LogP contribution in [-0.2, 0) is 27.5 Å². The Bertz CT molecular complexity index is 1370. The molecule has 2 unspecified atom stereocenters. The first kappa shape index (κ1) is 25.0. The van der Waals surface area contributed by atoms with Crippen LogP contribution in [0.4, 0.5) is 0 Å². The van der Waals surface area contributed by atoms with Gasteiger partial charge < -0.3 is 0 Å². The molecule has 2 atom stereocenters. The van der Waals surface area contributed by atoms with Crippen LogP contribution in [0.1, 0.15) is 35.1 Å². The summed E-state index contributed by atoms with van der Waals surface area (Å²) < 4.78 is 52.6. The van der Waals surface area contributed by atoms with E-state index in [4.69, 9.17) is 23.2 Å². The monoisotopic (exact) mass is 534 g/mol. The van der Waals surface area contributed by atoms with E-state index in [-0.39, 0.29) is 22.7 Å². The largest absolute Gasteiger partial charge is 0.286 e. The van der Waals surface area contributed by atoms with Gasteiger partial charge in [-0.25, -0.2) is 16.8 Å². The van der Waals surface area contributed by atoms with Crippen LogP contribution in [0.5, 0.6) is 0 Å². The van der Waals surface area contributed by atoms with Gasteiger partial charge in [-0.1, -0.05) is 72.8 Å². The van der Waals surface area contributed by atoms with Gasteiger partial charge in [-0.15, -0.1) is 23.2 Å². The van der Waals surface area contributed by atoms with E-state index in [1.165, 1.54) is 24.3 Å². The zero-order chi connectivity index (χ0) is 24.8. The Kier molecular flexibility index (Phi) is 6.49. The Morgan fingerprint density at radius 3 is 1.29 bits per heavy atom. The maximum absolute atomic E-state index is 13.1. The highest BCUT2D eigenvalue weighted by molar-refractivity contribution is 8.70. The van der Waals surface area contributed by atoms with Gasteiger partial charge >= 0.3 is 0 Å². The number of aryl methyl sites for hydroxylation is 2. The summed E-state index contributed by atoms with van der Waals surface area (Å²) in [6, 6.07) is 15.1. The number of halogens is 2. The summed E-state index contributed by atoms with van der Waals surface area (Å²) >= 11 is 13.5. The van der Waals surface area contributed by atoms with Gasteiger partial charge in [-0.3, -0.25) is 0 Å². The maximum atomic E-state index is 13.1. The molecule has 0 spiro atoms. The van der Waals surface area contributed by atoms with Crippen molar-refractivity contribution in [2.75, 3.05) is 0 Å². The molecule has 0 N–H and O–H groups in total. The minimum absolute atomic E-state index is 0.146. The first-order valence-corrected chi connectivity index (χ1v) is 14.9. The average Bonchev–Trinajstić information content (AvgIpc) is 2.80. The van der Waals surface area contributed by atoms with E-state index in [0.29, 0.717) is 0 Å². The van der Waals surface area contributed by atoms with Crippen LogP contribution in [0, 0.1) is 13.8 Å². The van der Waals surface area contributed by atoms with Crippen LogP contribution < -0.4 is 0 Å². The molecular weight excluding hydrogens is 511 g/mol. The van der Waals surface area contributed by atoms with Crippen molar-refractivity contribution in [3.05, 3.63) is 117 Å². The topological polar surface area (TPSA) is 68.3 Å². The number of benzene rings is 2. The van der Waals surface area contributed by atoms with Crippen LogP contribution in [0.25, 0.3) is 0 Å². The normalized spacial score (nSPS) is 25.1. The molecule has 178 valence electrons. The van der Waals surface area contributed by atoms with Gasteiger partial charge in [0.15, 0.2) is 0 Å². The SMILES string of the molecule is Cc1ccccc1C1(Cl)C=CC(S(=O)(=O)S(=O)(=O)C2=CCC(Cl)(c3ccccc3C)C=C2)=CC1. The minimum atomic E-state index is -4.69. The summed E-state index contributed by atoms with van der Waals surface area (Å²) in [5.74, 6) is 0. The Hall–Kier alpha value is -2.12. The highest BCUT2D eigenvalue weighted by Crippen LogP contribution is 2.43. The van der Waals surface area contributed by atoms with Crippen molar-refractivity contribution in [2.45, 2.75) is 36.4 Å². The van der Waals surface area contributed by atoms with Crippen LogP contribution in [0.15, 0.2) is 94.8 Å². The first-order valence-electron chi connectivity index (χ1n) is 10.7. The Labute approximate surface area is 210 Å². The molecule has 0 fully saturated rings. The number of alkyl halides is 2. The van der Waals surface area contributed by atoms with Gasteiger partial charge in [0, 0.05) is 0 Å². The Balaban J connectivity index is 1.60. The molecule has 0 heterocycles.